The third-order valence-corrected chi connectivity index (χ3v) is 4.16. The largest absolute Gasteiger partial charge is 0.453 e. The first kappa shape index (κ1) is 22.0. The second-order valence-electron chi connectivity index (χ2n) is 6.00. The molecule has 11 heteroatoms. The Labute approximate surface area is 155 Å². The zero-order valence-corrected chi connectivity index (χ0v) is 15.0. The van der Waals surface area contributed by atoms with E-state index in [0.29, 0.717) is 12.8 Å². The van der Waals surface area contributed by atoms with Crippen molar-refractivity contribution in [2.75, 3.05) is 19.7 Å². The van der Waals surface area contributed by atoms with Crippen molar-refractivity contribution in [3.05, 3.63) is 28.6 Å². The number of aliphatic hydroxyl groups excluding tert-OH is 1. The number of hydrogen-bond acceptors (Lipinski definition) is 6. The predicted molar refractivity (Wildman–Crippen MR) is 93.3 cm³/mol. The monoisotopic (exact) mass is 378 g/mol. The van der Waals surface area contributed by atoms with Crippen molar-refractivity contribution in [3.8, 4) is 0 Å². The Morgan fingerprint density at radius 1 is 1.48 bits per heavy atom. The summed E-state index contributed by atoms with van der Waals surface area (Å²) in [6.07, 6.45) is 1.50. The number of esters is 1. The van der Waals surface area contributed by atoms with E-state index in [1.54, 1.807) is 0 Å². The van der Waals surface area contributed by atoms with Crippen LogP contribution in [-0.4, -0.2) is 70.0 Å². The minimum Gasteiger partial charge on any atom is -0.453 e. The van der Waals surface area contributed by atoms with Gasteiger partial charge in [-0.25, -0.2) is 4.79 Å². The van der Waals surface area contributed by atoms with Crippen molar-refractivity contribution in [1.29, 1.82) is 0 Å². The maximum atomic E-state index is 12.7. The second-order valence-corrected chi connectivity index (χ2v) is 6.00. The van der Waals surface area contributed by atoms with E-state index < -0.39 is 41.4 Å². The van der Waals surface area contributed by atoms with E-state index in [-0.39, 0.29) is 26.1 Å². The molecule has 0 bridgehead atoms. The Kier molecular flexibility index (Phi) is 8.87. The van der Waals surface area contributed by atoms with Gasteiger partial charge < -0.3 is 20.3 Å². The van der Waals surface area contributed by atoms with Gasteiger partial charge in [0.1, 0.15) is 12.6 Å². The van der Waals surface area contributed by atoms with E-state index in [2.05, 4.69) is 21.4 Å². The Hall–Kier alpha value is -3.00. The minimum atomic E-state index is -1.12. The highest BCUT2D eigenvalue weighted by Crippen LogP contribution is 2.26. The summed E-state index contributed by atoms with van der Waals surface area (Å²) in [4.78, 5) is 43.5. The van der Waals surface area contributed by atoms with Crippen LogP contribution in [0.25, 0.3) is 16.0 Å². The summed E-state index contributed by atoms with van der Waals surface area (Å²) in [5.41, 5.74) is 16.5. The Morgan fingerprint density at radius 2 is 2.19 bits per heavy atom. The van der Waals surface area contributed by atoms with Crippen LogP contribution in [0.3, 0.4) is 0 Å². The highest BCUT2D eigenvalue weighted by Gasteiger charge is 2.48. The van der Waals surface area contributed by atoms with Crippen molar-refractivity contribution in [2.24, 2.45) is 11.0 Å². The van der Waals surface area contributed by atoms with Crippen LogP contribution in [0.15, 0.2) is 17.8 Å². The van der Waals surface area contributed by atoms with Crippen molar-refractivity contribution in [2.45, 2.75) is 38.3 Å². The normalized spacial score (nSPS) is 17.6. The number of rotatable bonds is 12. The minimum absolute atomic E-state index is 0.143. The van der Waals surface area contributed by atoms with Crippen LogP contribution in [0.4, 0.5) is 0 Å². The van der Waals surface area contributed by atoms with E-state index in [0.717, 1.165) is 0 Å². The average Bonchev–Trinajstić information content (AvgIpc) is 2.63. The molecule has 1 saturated heterocycles. The quantitative estimate of drug-likeness (QED) is 0.0603. The third kappa shape index (κ3) is 5.75. The molecule has 11 nitrogen and oxygen atoms in total. The molecule has 0 aromatic carbocycles. The molecule has 0 radical (unpaired) electrons. The van der Waals surface area contributed by atoms with Crippen molar-refractivity contribution < 1.29 is 29.0 Å². The summed E-state index contributed by atoms with van der Waals surface area (Å²) in [7, 11) is 0. The molecule has 0 aromatic heterocycles. The van der Waals surface area contributed by atoms with Crippen LogP contribution in [0.1, 0.15) is 26.2 Å². The maximum absolute atomic E-state index is 12.7. The van der Waals surface area contributed by atoms with Gasteiger partial charge in [-0.15, -0.1) is 0 Å². The standard InChI is InChI=1S/C16H22N6O5/c1-3-8-27-16(26)13(20-17)14(24)12(6-4-5-7-19-21-18)22-9-11(10(2)23)15(22)25/h3,10-12,23H,1,4-9H2,2H3. The highest BCUT2D eigenvalue weighted by atomic mass is 16.5. The molecular formula is C16H22N6O5. The fourth-order valence-electron chi connectivity index (χ4n) is 2.67. The number of nitrogens with zero attached hydrogens (tertiary/aromatic N) is 6. The summed E-state index contributed by atoms with van der Waals surface area (Å²) in [6.45, 7) is 5.05. The molecule has 146 valence electrons. The first-order chi connectivity index (χ1) is 12.9. The summed E-state index contributed by atoms with van der Waals surface area (Å²) in [5, 5.41) is 13.0. The van der Waals surface area contributed by atoms with E-state index in [1.807, 2.05) is 0 Å². The number of aliphatic hydroxyl groups is 1. The first-order valence-corrected chi connectivity index (χ1v) is 8.42. The number of carbonyl (C=O) groups excluding carboxylic acids is 3. The van der Waals surface area contributed by atoms with Gasteiger partial charge in [-0.3, -0.25) is 9.59 Å². The zero-order chi connectivity index (χ0) is 20.4. The SMILES string of the molecule is C=CCOC(=O)C(=[N+]=[N-])C(=O)C(CCCCN=[N+]=[N-])N1CC(C(C)O)C1=O. The average molecular weight is 378 g/mol. The molecule has 3 unspecified atom stereocenters. The Bertz CT molecular complexity index is 693. The van der Waals surface area contributed by atoms with Gasteiger partial charge in [-0.1, -0.05) is 24.2 Å². The van der Waals surface area contributed by atoms with Gasteiger partial charge in [0, 0.05) is 18.0 Å². The van der Waals surface area contributed by atoms with Crippen LogP contribution in [0.2, 0.25) is 0 Å². The zero-order valence-electron chi connectivity index (χ0n) is 15.0. The Balaban J connectivity index is 2.91. The lowest BCUT2D eigenvalue weighted by Gasteiger charge is -2.43. The summed E-state index contributed by atoms with van der Waals surface area (Å²) in [6, 6.07) is -1.04. The lowest BCUT2D eigenvalue weighted by Crippen LogP contribution is -2.63. The lowest BCUT2D eigenvalue weighted by molar-refractivity contribution is -0.161. The van der Waals surface area contributed by atoms with E-state index >= 15 is 0 Å². The molecule has 3 atom stereocenters. The van der Waals surface area contributed by atoms with E-state index in [4.69, 9.17) is 15.8 Å². The van der Waals surface area contributed by atoms with Gasteiger partial charge in [-0.05, 0) is 25.3 Å². The molecule has 1 amide bonds. The lowest BCUT2D eigenvalue weighted by atomic mass is 9.88. The van der Waals surface area contributed by atoms with Crippen LogP contribution in [0.5, 0.6) is 0 Å². The molecule has 0 aliphatic carbocycles. The number of hydrogen-bond donors (Lipinski definition) is 1. The first-order valence-electron chi connectivity index (χ1n) is 8.42. The van der Waals surface area contributed by atoms with Crippen molar-refractivity contribution in [1.82, 2.24) is 4.90 Å². The smallest absolute Gasteiger partial charge is 0.443 e. The maximum Gasteiger partial charge on any atom is 0.443 e. The third-order valence-electron chi connectivity index (χ3n) is 4.16. The van der Waals surface area contributed by atoms with E-state index in [9.17, 15) is 19.5 Å². The molecule has 1 aliphatic heterocycles. The highest BCUT2D eigenvalue weighted by molar-refractivity contribution is 6.63. The predicted octanol–water partition coefficient (Wildman–Crippen LogP) is 0.644. The molecule has 0 saturated carbocycles. The van der Waals surface area contributed by atoms with Gasteiger partial charge in [-0.2, -0.15) is 4.79 Å². The van der Waals surface area contributed by atoms with Crippen LogP contribution >= 0.6 is 0 Å². The van der Waals surface area contributed by atoms with Gasteiger partial charge in [0.05, 0.1) is 12.0 Å². The number of ether oxygens (including phenoxy) is 1. The molecule has 1 aliphatic rings. The number of carbonyl (C=O) groups is 3. The topological polar surface area (TPSA) is 169 Å². The van der Waals surface area contributed by atoms with Crippen LogP contribution < -0.4 is 0 Å². The van der Waals surface area contributed by atoms with E-state index in [1.165, 1.54) is 17.9 Å². The molecule has 1 heterocycles. The number of likely N-dealkylation sites (tertiary alicyclic amines) is 1. The fourth-order valence-corrected chi connectivity index (χ4v) is 2.67. The molecule has 0 spiro atoms. The molecule has 27 heavy (non-hydrogen) atoms. The number of Topliss-reactive ketones (excluding diaryl/α,β-unsaturated/α-hetero) is 1. The number of unbranched alkanes of at least 4 members (excludes halogenated alkanes) is 1. The number of amides is 1. The summed E-state index contributed by atoms with van der Waals surface area (Å²) in [5.74, 6) is -3.02. The summed E-state index contributed by atoms with van der Waals surface area (Å²) < 4.78 is 4.72. The molecule has 1 N–H and O–H groups in total. The van der Waals surface area contributed by atoms with Gasteiger partial charge >= 0.3 is 11.7 Å². The number of ketones is 1. The van der Waals surface area contributed by atoms with Gasteiger partial charge in [0.2, 0.25) is 5.91 Å². The van der Waals surface area contributed by atoms with Gasteiger partial charge in [0.15, 0.2) is 0 Å². The second kappa shape index (κ2) is 10.9. The molecular weight excluding hydrogens is 356 g/mol. The fraction of sp³-hybridized carbons (Fsp3) is 0.625. The summed E-state index contributed by atoms with van der Waals surface area (Å²) >= 11 is 0. The Morgan fingerprint density at radius 3 is 2.70 bits per heavy atom. The number of azide groups is 1. The molecule has 1 rings (SSSR count). The van der Waals surface area contributed by atoms with Crippen molar-refractivity contribution in [3.63, 3.8) is 0 Å². The van der Waals surface area contributed by atoms with Crippen molar-refractivity contribution >= 4 is 23.4 Å². The molecule has 0 aromatic rings. The van der Waals surface area contributed by atoms with Crippen LogP contribution in [-0.2, 0) is 19.1 Å². The van der Waals surface area contributed by atoms with Gasteiger partial charge in [0.25, 0.3) is 5.78 Å². The molecule has 1 fully saturated rings. The number of β-lactam (4-membered cyclic amide) rings is 1. The van der Waals surface area contributed by atoms with Crippen LogP contribution in [0, 0.1) is 5.92 Å².